The molecule has 0 unspecified atom stereocenters. The number of benzene rings is 2. The summed E-state index contributed by atoms with van der Waals surface area (Å²) in [6, 6.07) is 16.5. The smallest absolute Gasteiger partial charge is 0.218 e. The van der Waals surface area contributed by atoms with Crippen molar-refractivity contribution >= 4 is 10.0 Å². The molecule has 1 saturated heterocycles. The molecule has 1 aliphatic heterocycles. The third-order valence-corrected chi connectivity index (χ3v) is 7.44. The van der Waals surface area contributed by atoms with Gasteiger partial charge in [0.2, 0.25) is 10.0 Å². The van der Waals surface area contributed by atoms with E-state index in [4.69, 9.17) is 0 Å². The van der Waals surface area contributed by atoms with E-state index >= 15 is 0 Å². The summed E-state index contributed by atoms with van der Waals surface area (Å²) in [6.45, 7) is 0.975. The molecular weight excluding hydrogens is 388 g/mol. The Morgan fingerprint density at radius 2 is 1.79 bits per heavy atom. The lowest BCUT2D eigenvalue weighted by Gasteiger charge is -2.45. The van der Waals surface area contributed by atoms with Crippen molar-refractivity contribution in [1.82, 2.24) is 9.21 Å². The second-order valence-corrected chi connectivity index (χ2v) is 10.1. The molecule has 29 heavy (non-hydrogen) atoms. The second-order valence-electron chi connectivity index (χ2n) is 8.09. The van der Waals surface area contributed by atoms with Gasteiger partial charge in [-0.3, -0.25) is 0 Å². The molecule has 2 N–H and O–H groups in total. The Labute approximate surface area is 173 Å². The van der Waals surface area contributed by atoms with Gasteiger partial charge < -0.3 is 15.1 Å². The minimum Gasteiger partial charge on any atom is -0.392 e. The third kappa shape index (κ3) is 5.05. The van der Waals surface area contributed by atoms with Gasteiger partial charge in [0, 0.05) is 25.6 Å². The van der Waals surface area contributed by atoms with Gasteiger partial charge in [0.15, 0.2) is 0 Å². The minimum atomic E-state index is -3.49. The summed E-state index contributed by atoms with van der Waals surface area (Å²) >= 11 is 0. The Bertz CT molecular complexity index is 917. The molecule has 2 aromatic rings. The van der Waals surface area contributed by atoms with Crippen molar-refractivity contribution < 1.29 is 18.6 Å². The van der Waals surface area contributed by atoms with Crippen LogP contribution in [0.4, 0.5) is 0 Å². The summed E-state index contributed by atoms with van der Waals surface area (Å²) in [5.41, 5.74) is 1.08. The standard InChI is InChI=1S/C22H30N2O4S/c1-23(2)14-21-15-24(29(27,28)17-18-7-4-3-5-8-18)12-11-22(21,26)20-10-6-9-19(13-20)16-25/h3-10,13,21,25-26H,11-12,14-17H2,1-2H3/t21-,22-/m0/s1. The first-order chi connectivity index (χ1) is 13.7. The number of nitrogens with zero attached hydrogens (tertiary/aromatic N) is 2. The highest BCUT2D eigenvalue weighted by Crippen LogP contribution is 2.39. The largest absolute Gasteiger partial charge is 0.392 e. The molecule has 1 aliphatic rings. The molecule has 0 saturated carbocycles. The molecule has 0 aliphatic carbocycles. The van der Waals surface area contributed by atoms with Gasteiger partial charge in [-0.15, -0.1) is 0 Å². The zero-order valence-electron chi connectivity index (χ0n) is 17.0. The van der Waals surface area contributed by atoms with Crippen LogP contribution in [-0.4, -0.2) is 61.6 Å². The van der Waals surface area contributed by atoms with Crippen LogP contribution in [0, 0.1) is 5.92 Å². The van der Waals surface area contributed by atoms with Crippen LogP contribution < -0.4 is 0 Å². The van der Waals surface area contributed by atoms with Gasteiger partial charge in [-0.05, 0) is 37.2 Å². The topological polar surface area (TPSA) is 81.1 Å². The van der Waals surface area contributed by atoms with Crippen molar-refractivity contribution in [1.29, 1.82) is 0 Å². The van der Waals surface area contributed by atoms with Crippen LogP contribution in [0.25, 0.3) is 0 Å². The van der Waals surface area contributed by atoms with Gasteiger partial charge in [-0.25, -0.2) is 12.7 Å². The van der Waals surface area contributed by atoms with E-state index in [1.165, 1.54) is 4.31 Å². The van der Waals surface area contributed by atoms with Crippen molar-refractivity contribution in [3.8, 4) is 0 Å². The molecule has 2 aromatic carbocycles. The van der Waals surface area contributed by atoms with Gasteiger partial charge in [0.1, 0.15) is 0 Å². The summed E-state index contributed by atoms with van der Waals surface area (Å²) in [5.74, 6) is -0.327. The molecule has 0 bridgehead atoms. The number of sulfonamides is 1. The van der Waals surface area contributed by atoms with Crippen LogP contribution in [0.2, 0.25) is 0 Å². The fourth-order valence-electron chi connectivity index (χ4n) is 4.08. The van der Waals surface area contributed by atoms with Crippen LogP contribution in [0.5, 0.6) is 0 Å². The Morgan fingerprint density at radius 1 is 1.10 bits per heavy atom. The van der Waals surface area contributed by atoms with E-state index in [2.05, 4.69) is 0 Å². The van der Waals surface area contributed by atoms with Crippen LogP contribution in [0.15, 0.2) is 54.6 Å². The lowest BCUT2D eigenvalue weighted by atomic mass is 9.76. The molecule has 2 atom stereocenters. The number of aliphatic hydroxyl groups excluding tert-OH is 1. The van der Waals surface area contributed by atoms with E-state index in [0.29, 0.717) is 13.0 Å². The predicted molar refractivity (Wildman–Crippen MR) is 114 cm³/mol. The van der Waals surface area contributed by atoms with Crippen LogP contribution >= 0.6 is 0 Å². The lowest BCUT2D eigenvalue weighted by molar-refractivity contribution is -0.0698. The average Bonchev–Trinajstić information content (AvgIpc) is 2.69. The zero-order valence-corrected chi connectivity index (χ0v) is 17.8. The van der Waals surface area contributed by atoms with Gasteiger partial charge in [-0.1, -0.05) is 54.6 Å². The summed E-state index contributed by atoms with van der Waals surface area (Å²) < 4.78 is 27.6. The van der Waals surface area contributed by atoms with Crippen LogP contribution in [0.3, 0.4) is 0 Å². The zero-order chi connectivity index (χ0) is 21.1. The quantitative estimate of drug-likeness (QED) is 0.716. The molecule has 7 heteroatoms. The first kappa shape index (κ1) is 21.9. The molecule has 0 radical (unpaired) electrons. The Hall–Kier alpha value is -1.77. The van der Waals surface area contributed by atoms with E-state index in [0.717, 1.165) is 16.7 Å². The van der Waals surface area contributed by atoms with Crippen molar-refractivity contribution in [2.75, 3.05) is 33.7 Å². The fraction of sp³-hybridized carbons (Fsp3) is 0.455. The highest BCUT2D eigenvalue weighted by Gasteiger charge is 2.45. The van der Waals surface area contributed by atoms with Gasteiger partial charge >= 0.3 is 0 Å². The fourth-order valence-corrected chi connectivity index (χ4v) is 5.66. The average molecular weight is 419 g/mol. The highest BCUT2D eigenvalue weighted by molar-refractivity contribution is 7.88. The molecule has 1 fully saturated rings. The van der Waals surface area contributed by atoms with E-state index in [1.807, 2.05) is 73.6 Å². The first-order valence-corrected chi connectivity index (χ1v) is 11.4. The van der Waals surface area contributed by atoms with Crippen molar-refractivity contribution in [2.45, 2.75) is 24.4 Å². The normalized spacial score (nSPS) is 23.4. The number of rotatable bonds is 7. The van der Waals surface area contributed by atoms with Crippen LogP contribution in [0.1, 0.15) is 23.1 Å². The van der Waals surface area contributed by atoms with Gasteiger partial charge in [0.05, 0.1) is 18.0 Å². The predicted octanol–water partition coefficient (Wildman–Crippen LogP) is 1.78. The molecular formula is C22H30N2O4S. The monoisotopic (exact) mass is 418 g/mol. The maximum absolute atomic E-state index is 13.0. The molecule has 3 rings (SSSR count). The van der Waals surface area contributed by atoms with Crippen LogP contribution in [-0.2, 0) is 28.0 Å². The van der Waals surface area contributed by atoms with E-state index in [1.54, 1.807) is 0 Å². The van der Waals surface area contributed by atoms with Crippen molar-refractivity contribution in [3.05, 3.63) is 71.3 Å². The SMILES string of the molecule is CN(C)C[C@H]1CN(S(=O)(=O)Cc2ccccc2)CC[C@]1(O)c1cccc(CO)c1. The Kier molecular flexibility index (Phi) is 6.76. The molecule has 158 valence electrons. The van der Waals surface area contributed by atoms with Gasteiger partial charge in [-0.2, -0.15) is 0 Å². The first-order valence-electron chi connectivity index (χ1n) is 9.84. The molecule has 0 spiro atoms. The number of hydrogen-bond acceptors (Lipinski definition) is 5. The van der Waals surface area contributed by atoms with E-state index < -0.39 is 15.6 Å². The highest BCUT2D eigenvalue weighted by atomic mass is 32.2. The summed E-state index contributed by atoms with van der Waals surface area (Å²) in [5, 5.41) is 21.1. The molecule has 0 aromatic heterocycles. The number of hydrogen-bond donors (Lipinski definition) is 2. The summed E-state index contributed by atoms with van der Waals surface area (Å²) in [4.78, 5) is 1.97. The van der Waals surface area contributed by atoms with Crippen molar-refractivity contribution in [2.24, 2.45) is 5.92 Å². The maximum atomic E-state index is 13.0. The molecule has 0 amide bonds. The third-order valence-electron chi connectivity index (χ3n) is 5.62. The second kappa shape index (κ2) is 8.93. The maximum Gasteiger partial charge on any atom is 0.218 e. The number of aliphatic hydroxyl groups is 2. The summed E-state index contributed by atoms with van der Waals surface area (Å²) in [7, 11) is 0.351. The van der Waals surface area contributed by atoms with Gasteiger partial charge in [0.25, 0.3) is 0 Å². The Balaban J connectivity index is 1.86. The molecule has 6 nitrogen and oxygen atoms in total. The number of piperidine rings is 1. The minimum absolute atomic E-state index is 0.0407. The van der Waals surface area contributed by atoms with E-state index in [9.17, 15) is 18.6 Å². The van der Waals surface area contributed by atoms with Crippen molar-refractivity contribution in [3.63, 3.8) is 0 Å². The van der Waals surface area contributed by atoms with E-state index in [-0.39, 0.29) is 31.4 Å². The molecule has 1 heterocycles. The summed E-state index contributed by atoms with van der Waals surface area (Å²) in [6.07, 6.45) is 0.314. The lowest BCUT2D eigenvalue weighted by Crippen LogP contribution is -2.54. The Morgan fingerprint density at radius 3 is 2.45 bits per heavy atom.